The fourth-order valence-electron chi connectivity index (χ4n) is 2.10. The van der Waals surface area contributed by atoms with Gasteiger partial charge in [0.25, 0.3) is 0 Å². The second kappa shape index (κ2) is 3.91. The molecule has 1 saturated carbocycles. The molecule has 0 radical (unpaired) electrons. The van der Waals surface area contributed by atoms with Crippen LogP contribution in [0.5, 0.6) is 5.75 Å². The lowest BCUT2D eigenvalue weighted by atomic mass is 9.89. The first-order valence-corrected chi connectivity index (χ1v) is 5.36. The van der Waals surface area contributed by atoms with E-state index >= 15 is 0 Å². The summed E-state index contributed by atoms with van der Waals surface area (Å²) in [6.45, 7) is 0. The average molecular weight is 245 g/mol. The van der Waals surface area contributed by atoms with Gasteiger partial charge in [-0.3, -0.25) is 0 Å². The van der Waals surface area contributed by atoms with Crippen molar-refractivity contribution in [2.75, 3.05) is 7.11 Å². The van der Waals surface area contributed by atoms with Gasteiger partial charge in [-0.1, -0.05) is 12.1 Å². The number of alkyl halides is 3. The van der Waals surface area contributed by atoms with Gasteiger partial charge in [-0.25, -0.2) is 0 Å². The molecule has 1 aromatic carbocycles. The molecule has 1 aromatic rings. The summed E-state index contributed by atoms with van der Waals surface area (Å²) in [5.41, 5.74) is 4.78. The summed E-state index contributed by atoms with van der Waals surface area (Å²) in [5.74, 6) is -1.19. The van der Waals surface area contributed by atoms with Crippen molar-refractivity contribution in [3.05, 3.63) is 29.8 Å². The summed E-state index contributed by atoms with van der Waals surface area (Å²) in [4.78, 5) is 0. The Balaban J connectivity index is 2.39. The van der Waals surface area contributed by atoms with Crippen molar-refractivity contribution in [1.82, 2.24) is 0 Å². The molecule has 0 bridgehead atoms. The minimum atomic E-state index is -4.32. The van der Waals surface area contributed by atoms with E-state index < -0.39 is 17.6 Å². The van der Waals surface area contributed by atoms with Crippen molar-refractivity contribution in [2.24, 2.45) is 5.73 Å². The molecule has 5 heteroatoms. The van der Waals surface area contributed by atoms with Gasteiger partial charge >= 0.3 is 6.18 Å². The second-order valence-electron chi connectivity index (χ2n) is 4.48. The van der Waals surface area contributed by atoms with Crippen molar-refractivity contribution in [1.29, 1.82) is 0 Å². The molecule has 2 nitrogen and oxygen atoms in total. The SMILES string of the molecule is COc1cccc(C(C(F)(F)F)C2(N)CC2)c1. The molecule has 0 aromatic heterocycles. The molecule has 1 aliphatic rings. The van der Waals surface area contributed by atoms with Crippen LogP contribution >= 0.6 is 0 Å². The summed E-state index contributed by atoms with van der Waals surface area (Å²) in [7, 11) is 1.43. The lowest BCUT2D eigenvalue weighted by Gasteiger charge is -2.26. The molecule has 2 rings (SSSR count). The molecule has 0 saturated heterocycles. The Labute approximate surface area is 97.6 Å². The summed E-state index contributed by atoms with van der Waals surface area (Å²) in [5, 5.41) is 0. The summed E-state index contributed by atoms with van der Waals surface area (Å²) >= 11 is 0. The Morgan fingerprint density at radius 2 is 2.00 bits per heavy atom. The molecular weight excluding hydrogens is 231 g/mol. The first-order valence-electron chi connectivity index (χ1n) is 5.36. The quantitative estimate of drug-likeness (QED) is 0.888. The van der Waals surface area contributed by atoms with Crippen LogP contribution in [0.3, 0.4) is 0 Å². The highest BCUT2D eigenvalue weighted by atomic mass is 19.4. The van der Waals surface area contributed by atoms with Crippen LogP contribution < -0.4 is 10.5 Å². The molecule has 1 aliphatic carbocycles. The maximum absolute atomic E-state index is 13.1. The number of halogens is 3. The van der Waals surface area contributed by atoms with Gasteiger partial charge in [0, 0.05) is 5.54 Å². The van der Waals surface area contributed by atoms with E-state index in [1.54, 1.807) is 12.1 Å². The molecule has 1 unspecified atom stereocenters. The Hall–Kier alpha value is -1.23. The Morgan fingerprint density at radius 1 is 1.35 bits per heavy atom. The van der Waals surface area contributed by atoms with Crippen LogP contribution in [-0.4, -0.2) is 18.8 Å². The zero-order valence-corrected chi connectivity index (χ0v) is 9.42. The normalized spacial score (nSPS) is 19.8. The molecule has 0 amide bonds. The summed E-state index contributed by atoms with van der Waals surface area (Å²) in [6, 6.07) is 6.03. The third-order valence-corrected chi connectivity index (χ3v) is 3.16. The van der Waals surface area contributed by atoms with Crippen LogP contribution in [0, 0.1) is 0 Å². The molecule has 0 spiro atoms. The first-order chi connectivity index (χ1) is 7.87. The molecule has 1 fully saturated rings. The highest BCUT2D eigenvalue weighted by molar-refractivity contribution is 5.35. The van der Waals surface area contributed by atoms with Crippen molar-refractivity contribution < 1.29 is 17.9 Å². The van der Waals surface area contributed by atoms with Gasteiger partial charge in [0.2, 0.25) is 0 Å². The number of methoxy groups -OCH3 is 1. The summed E-state index contributed by atoms with van der Waals surface area (Å²) < 4.78 is 44.1. The maximum atomic E-state index is 13.1. The lowest BCUT2D eigenvalue weighted by molar-refractivity contribution is -0.157. The number of rotatable bonds is 3. The number of hydrogen-bond acceptors (Lipinski definition) is 2. The number of benzene rings is 1. The van der Waals surface area contributed by atoms with Gasteiger partial charge < -0.3 is 10.5 Å². The maximum Gasteiger partial charge on any atom is 0.397 e. The Morgan fingerprint density at radius 3 is 2.47 bits per heavy atom. The van der Waals surface area contributed by atoms with Gasteiger partial charge in [0.05, 0.1) is 13.0 Å². The zero-order chi connectivity index (χ0) is 12.7. The van der Waals surface area contributed by atoms with E-state index in [9.17, 15) is 13.2 Å². The van der Waals surface area contributed by atoms with Gasteiger partial charge in [-0.2, -0.15) is 13.2 Å². The minimum Gasteiger partial charge on any atom is -0.497 e. The first kappa shape index (κ1) is 12.2. The topological polar surface area (TPSA) is 35.2 Å². The number of nitrogens with two attached hydrogens (primary N) is 1. The number of hydrogen-bond donors (Lipinski definition) is 1. The lowest BCUT2D eigenvalue weighted by Crippen LogP contribution is -2.40. The van der Waals surface area contributed by atoms with E-state index in [1.165, 1.54) is 19.2 Å². The molecule has 1 atom stereocenters. The van der Waals surface area contributed by atoms with Crippen LogP contribution in [0.4, 0.5) is 13.2 Å². The van der Waals surface area contributed by atoms with E-state index in [0.717, 1.165) is 0 Å². The predicted octanol–water partition coefficient (Wildman–Crippen LogP) is 2.83. The fourth-order valence-corrected chi connectivity index (χ4v) is 2.10. The van der Waals surface area contributed by atoms with E-state index in [-0.39, 0.29) is 5.56 Å². The molecular formula is C12H14F3NO. The Kier molecular flexibility index (Phi) is 2.81. The van der Waals surface area contributed by atoms with Crippen molar-refractivity contribution in [3.63, 3.8) is 0 Å². The fraction of sp³-hybridized carbons (Fsp3) is 0.500. The molecule has 94 valence electrons. The third-order valence-electron chi connectivity index (χ3n) is 3.16. The van der Waals surface area contributed by atoms with Crippen molar-refractivity contribution in [3.8, 4) is 5.75 Å². The number of ether oxygens (including phenoxy) is 1. The van der Waals surface area contributed by atoms with Gasteiger partial charge in [0.1, 0.15) is 5.75 Å². The zero-order valence-electron chi connectivity index (χ0n) is 9.42. The average Bonchev–Trinajstić information content (AvgIpc) is 2.95. The van der Waals surface area contributed by atoms with Crippen LogP contribution in [0.2, 0.25) is 0 Å². The standard InChI is InChI=1S/C12H14F3NO/c1-17-9-4-2-3-8(7-9)10(12(13,14)15)11(16)5-6-11/h2-4,7,10H,5-6,16H2,1H3. The highest BCUT2D eigenvalue weighted by Gasteiger charge is 2.58. The van der Waals surface area contributed by atoms with Gasteiger partial charge in [0.15, 0.2) is 0 Å². The van der Waals surface area contributed by atoms with Gasteiger partial charge in [-0.15, -0.1) is 0 Å². The monoisotopic (exact) mass is 245 g/mol. The van der Waals surface area contributed by atoms with Crippen LogP contribution in [0.1, 0.15) is 24.3 Å². The molecule has 0 aliphatic heterocycles. The van der Waals surface area contributed by atoms with Crippen LogP contribution in [0.25, 0.3) is 0 Å². The molecule has 0 heterocycles. The Bertz CT molecular complexity index is 407. The van der Waals surface area contributed by atoms with Gasteiger partial charge in [-0.05, 0) is 30.5 Å². The predicted molar refractivity (Wildman–Crippen MR) is 57.9 cm³/mol. The minimum absolute atomic E-state index is 0.178. The second-order valence-corrected chi connectivity index (χ2v) is 4.48. The van der Waals surface area contributed by atoms with E-state index in [4.69, 9.17) is 10.5 Å². The van der Waals surface area contributed by atoms with E-state index in [0.29, 0.717) is 18.6 Å². The smallest absolute Gasteiger partial charge is 0.397 e. The molecule has 2 N–H and O–H groups in total. The van der Waals surface area contributed by atoms with Crippen LogP contribution in [0.15, 0.2) is 24.3 Å². The van der Waals surface area contributed by atoms with E-state index in [1.807, 2.05) is 0 Å². The highest BCUT2D eigenvalue weighted by Crippen LogP contribution is 2.52. The molecule has 17 heavy (non-hydrogen) atoms. The van der Waals surface area contributed by atoms with Crippen molar-refractivity contribution >= 4 is 0 Å². The van der Waals surface area contributed by atoms with Crippen molar-refractivity contribution in [2.45, 2.75) is 30.5 Å². The van der Waals surface area contributed by atoms with Crippen LogP contribution in [-0.2, 0) is 0 Å². The summed E-state index contributed by atoms with van der Waals surface area (Å²) in [6.07, 6.45) is -3.50. The van der Waals surface area contributed by atoms with E-state index in [2.05, 4.69) is 0 Å². The largest absolute Gasteiger partial charge is 0.497 e. The third kappa shape index (κ3) is 2.39.